The Bertz CT molecular complexity index is 2470. The van der Waals surface area contributed by atoms with E-state index in [4.69, 9.17) is 15.0 Å². The lowest BCUT2D eigenvalue weighted by molar-refractivity contribution is 1.02. The molecule has 0 atom stereocenters. The van der Waals surface area contributed by atoms with Crippen molar-refractivity contribution in [2.24, 2.45) is 7.05 Å². The molecule has 212 valence electrons. The topological polar surface area (TPSA) is 48.5 Å². The van der Waals surface area contributed by atoms with Gasteiger partial charge in [0.15, 0.2) is 17.5 Å². The Morgan fingerprint density at radius 1 is 0.400 bits per heavy atom. The van der Waals surface area contributed by atoms with Crippen LogP contribution in [0.4, 0.5) is 0 Å². The van der Waals surface area contributed by atoms with Crippen molar-refractivity contribution >= 4 is 43.6 Å². The van der Waals surface area contributed by atoms with E-state index in [0.717, 1.165) is 22.4 Å². The summed E-state index contributed by atoms with van der Waals surface area (Å²) in [4.78, 5) is 14.7. The van der Waals surface area contributed by atoms with Crippen molar-refractivity contribution in [3.05, 3.63) is 146 Å². The molecule has 0 aliphatic carbocycles. The van der Waals surface area contributed by atoms with E-state index in [1.54, 1.807) is 0 Å². The van der Waals surface area contributed by atoms with Gasteiger partial charge in [-0.05, 0) is 42.5 Å². The Morgan fingerprint density at radius 3 is 1.53 bits per heavy atom. The maximum Gasteiger partial charge on any atom is 0.164 e. The minimum Gasteiger partial charge on any atom is -0.343 e. The molecule has 0 saturated heterocycles. The number of fused-ring (bicyclic) bond motifs is 7. The van der Waals surface area contributed by atoms with Crippen LogP contribution in [0.1, 0.15) is 0 Å². The Hall–Kier alpha value is -6.07. The van der Waals surface area contributed by atoms with Gasteiger partial charge in [0.05, 0.1) is 16.6 Å². The van der Waals surface area contributed by atoms with Crippen LogP contribution in [-0.4, -0.2) is 24.1 Å². The van der Waals surface area contributed by atoms with Gasteiger partial charge in [0, 0.05) is 56.5 Å². The number of aryl methyl sites for hydroxylation is 1. The van der Waals surface area contributed by atoms with Crippen molar-refractivity contribution in [3.8, 4) is 39.9 Å². The molecule has 9 rings (SSSR count). The molecule has 3 heterocycles. The highest BCUT2D eigenvalue weighted by molar-refractivity contribution is 6.25. The van der Waals surface area contributed by atoms with Crippen molar-refractivity contribution in [2.75, 3.05) is 0 Å². The maximum absolute atomic E-state index is 4.92. The molecule has 0 radical (unpaired) electrons. The molecule has 5 nitrogen and oxygen atoms in total. The Kier molecular flexibility index (Phi) is 5.65. The summed E-state index contributed by atoms with van der Waals surface area (Å²) in [5.41, 5.74) is 8.79. The summed E-state index contributed by atoms with van der Waals surface area (Å²) >= 11 is 0. The van der Waals surface area contributed by atoms with E-state index in [0.29, 0.717) is 17.5 Å². The molecule has 3 aromatic heterocycles. The number of hydrogen-bond donors (Lipinski definition) is 0. The zero-order valence-electron chi connectivity index (χ0n) is 24.6. The number of nitrogens with zero attached hydrogens (tertiary/aromatic N) is 5. The van der Waals surface area contributed by atoms with Crippen LogP contribution in [0.5, 0.6) is 0 Å². The summed E-state index contributed by atoms with van der Waals surface area (Å²) in [7, 11) is 2.17. The molecule has 0 N–H and O–H groups in total. The van der Waals surface area contributed by atoms with E-state index < -0.39 is 0 Å². The monoisotopic (exact) mass is 577 g/mol. The number of benzene rings is 6. The van der Waals surface area contributed by atoms with Gasteiger partial charge in [0.2, 0.25) is 0 Å². The fourth-order valence-electron chi connectivity index (χ4n) is 6.70. The molecular weight excluding hydrogens is 550 g/mol. The van der Waals surface area contributed by atoms with Crippen LogP contribution < -0.4 is 0 Å². The Morgan fingerprint density at radius 2 is 0.911 bits per heavy atom. The van der Waals surface area contributed by atoms with Crippen LogP contribution in [0.3, 0.4) is 0 Å². The first-order chi connectivity index (χ1) is 22.2. The minimum absolute atomic E-state index is 0.647. The minimum atomic E-state index is 0.647. The molecule has 0 fully saturated rings. The largest absolute Gasteiger partial charge is 0.343 e. The first kappa shape index (κ1) is 25.4. The zero-order chi connectivity index (χ0) is 29.9. The van der Waals surface area contributed by atoms with Gasteiger partial charge >= 0.3 is 0 Å². The van der Waals surface area contributed by atoms with Gasteiger partial charge in [-0.15, -0.1) is 0 Å². The Labute approximate surface area is 259 Å². The number of rotatable bonds is 4. The molecule has 5 heteroatoms. The van der Waals surface area contributed by atoms with Crippen LogP contribution in [0.2, 0.25) is 0 Å². The Balaban J connectivity index is 1.22. The highest BCUT2D eigenvalue weighted by Crippen LogP contribution is 2.40. The fraction of sp³-hybridized carbons (Fsp3) is 0.0250. The fourth-order valence-corrected chi connectivity index (χ4v) is 6.70. The normalized spacial score (nSPS) is 11.7. The molecule has 0 spiro atoms. The van der Waals surface area contributed by atoms with Crippen LogP contribution in [0.15, 0.2) is 146 Å². The van der Waals surface area contributed by atoms with Gasteiger partial charge in [0.25, 0.3) is 0 Å². The molecular formula is C40H27N5. The molecule has 0 amide bonds. The first-order valence-corrected chi connectivity index (χ1v) is 15.1. The molecule has 0 aliphatic heterocycles. The number of para-hydroxylation sites is 2. The van der Waals surface area contributed by atoms with Crippen molar-refractivity contribution in [1.29, 1.82) is 0 Å². The number of hydrogen-bond acceptors (Lipinski definition) is 3. The summed E-state index contributed by atoms with van der Waals surface area (Å²) in [5, 5.41) is 5.06. The van der Waals surface area contributed by atoms with Crippen molar-refractivity contribution in [3.63, 3.8) is 0 Å². The summed E-state index contributed by atoms with van der Waals surface area (Å²) in [5.74, 6) is 1.96. The summed E-state index contributed by atoms with van der Waals surface area (Å²) < 4.78 is 4.70. The van der Waals surface area contributed by atoms with Gasteiger partial charge in [-0.1, -0.05) is 103 Å². The summed E-state index contributed by atoms with van der Waals surface area (Å²) in [6, 6.07) is 50.6. The third-order valence-corrected chi connectivity index (χ3v) is 8.79. The first-order valence-electron chi connectivity index (χ1n) is 15.1. The second-order valence-corrected chi connectivity index (χ2v) is 11.4. The van der Waals surface area contributed by atoms with Gasteiger partial charge < -0.3 is 9.13 Å². The lowest BCUT2D eigenvalue weighted by atomic mass is 10.1. The van der Waals surface area contributed by atoms with E-state index in [1.165, 1.54) is 43.6 Å². The molecule has 45 heavy (non-hydrogen) atoms. The average molecular weight is 578 g/mol. The molecule has 0 aliphatic rings. The SMILES string of the molecule is Cn1c2ccccc2c2ccc3c(c4ccccc4n3-c3ccc(-c4nc(-c5ccccc5)nc(-c5ccccc5)n4)cc3)c21. The predicted molar refractivity (Wildman–Crippen MR) is 184 cm³/mol. The summed E-state index contributed by atoms with van der Waals surface area (Å²) in [6.07, 6.45) is 0. The molecule has 0 saturated carbocycles. The van der Waals surface area contributed by atoms with Gasteiger partial charge in [-0.2, -0.15) is 0 Å². The third-order valence-electron chi connectivity index (χ3n) is 8.79. The maximum atomic E-state index is 4.92. The van der Waals surface area contributed by atoms with Crippen molar-refractivity contribution < 1.29 is 0 Å². The van der Waals surface area contributed by atoms with E-state index in [-0.39, 0.29) is 0 Å². The second kappa shape index (κ2) is 10.00. The smallest absolute Gasteiger partial charge is 0.164 e. The highest BCUT2D eigenvalue weighted by atomic mass is 15.0. The standard InChI is InChI=1S/C40H27N5/c1-44-33-18-10-8-16-30(33)31-24-25-35-36(37(31)44)32-17-9-11-19-34(32)45(35)29-22-20-28(21-23-29)40-42-38(26-12-4-2-5-13-26)41-39(43-40)27-14-6-3-7-15-27/h2-25H,1H3. The van der Waals surface area contributed by atoms with E-state index in [2.05, 4.69) is 101 Å². The molecule has 9 aromatic rings. The predicted octanol–water partition coefficient (Wildman–Crippen LogP) is 9.61. The van der Waals surface area contributed by atoms with E-state index in [9.17, 15) is 0 Å². The second-order valence-electron chi connectivity index (χ2n) is 11.4. The molecule has 6 aromatic carbocycles. The van der Waals surface area contributed by atoms with Crippen molar-refractivity contribution in [1.82, 2.24) is 24.1 Å². The molecule has 0 bridgehead atoms. The van der Waals surface area contributed by atoms with E-state index in [1.807, 2.05) is 60.7 Å². The lowest BCUT2D eigenvalue weighted by Gasteiger charge is -2.11. The average Bonchev–Trinajstić information content (AvgIpc) is 3.61. The van der Waals surface area contributed by atoms with Gasteiger partial charge in [-0.25, -0.2) is 15.0 Å². The number of aromatic nitrogens is 5. The van der Waals surface area contributed by atoms with Crippen molar-refractivity contribution in [2.45, 2.75) is 0 Å². The molecule has 0 unspecified atom stereocenters. The quantitative estimate of drug-likeness (QED) is 0.209. The lowest BCUT2D eigenvalue weighted by Crippen LogP contribution is -2.00. The van der Waals surface area contributed by atoms with Crippen LogP contribution in [0, 0.1) is 0 Å². The van der Waals surface area contributed by atoms with Crippen LogP contribution in [0.25, 0.3) is 83.5 Å². The van der Waals surface area contributed by atoms with E-state index >= 15 is 0 Å². The van der Waals surface area contributed by atoms with Crippen LogP contribution in [-0.2, 0) is 7.05 Å². The third kappa shape index (κ3) is 3.98. The highest BCUT2D eigenvalue weighted by Gasteiger charge is 2.19. The van der Waals surface area contributed by atoms with Crippen LogP contribution >= 0.6 is 0 Å². The van der Waals surface area contributed by atoms with Gasteiger partial charge in [-0.3, -0.25) is 0 Å². The van der Waals surface area contributed by atoms with Gasteiger partial charge in [0.1, 0.15) is 0 Å². The zero-order valence-corrected chi connectivity index (χ0v) is 24.6. The summed E-state index contributed by atoms with van der Waals surface area (Å²) in [6.45, 7) is 0.